The quantitative estimate of drug-likeness (QED) is 0.866. The standard InChI is InChI=1S/C13H15N4O/c1-10-11(12-9-14-16-15-12)3-2-4-13(10)17-5-7-18-8-6-17/h2,4,9H,5-8H2,1H3,(H,14,15,16). The average Bonchev–Trinajstić information content (AvgIpc) is 2.94. The lowest BCUT2D eigenvalue weighted by Crippen LogP contribution is -2.36. The Morgan fingerprint density at radius 2 is 2.22 bits per heavy atom. The normalized spacial score (nSPS) is 15.9. The molecule has 0 amide bonds. The zero-order valence-corrected chi connectivity index (χ0v) is 10.3. The Hall–Kier alpha value is -1.88. The predicted octanol–water partition coefficient (Wildman–Crippen LogP) is 1.42. The van der Waals surface area contributed by atoms with Gasteiger partial charge in [0.2, 0.25) is 0 Å². The van der Waals surface area contributed by atoms with Crippen LogP contribution in [0.4, 0.5) is 5.69 Å². The molecule has 1 aliphatic rings. The topological polar surface area (TPSA) is 54.0 Å². The van der Waals surface area contributed by atoms with Gasteiger partial charge >= 0.3 is 0 Å². The molecule has 0 spiro atoms. The largest absolute Gasteiger partial charge is 0.378 e. The van der Waals surface area contributed by atoms with Crippen LogP contribution in [0.1, 0.15) is 5.56 Å². The summed E-state index contributed by atoms with van der Waals surface area (Å²) < 4.78 is 5.39. The van der Waals surface area contributed by atoms with Crippen LogP contribution in [0.5, 0.6) is 0 Å². The van der Waals surface area contributed by atoms with Gasteiger partial charge < -0.3 is 9.64 Å². The van der Waals surface area contributed by atoms with Crippen molar-refractivity contribution in [2.24, 2.45) is 0 Å². The minimum Gasteiger partial charge on any atom is -0.378 e. The van der Waals surface area contributed by atoms with Gasteiger partial charge in [0.15, 0.2) is 0 Å². The fraction of sp³-hybridized carbons (Fsp3) is 0.385. The van der Waals surface area contributed by atoms with Crippen molar-refractivity contribution in [1.29, 1.82) is 0 Å². The molecule has 1 aliphatic heterocycles. The van der Waals surface area contributed by atoms with Crippen LogP contribution in [-0.2, 0) is 4.74 Å². The molecule has 1 aromatic carbocycles. The van der Waals surface area contributed by atoms with Crippen molar-refractivity contribution in [3.05, 3.63) is 30.0 Å². The van der Waals surface area contributed by atoms with Gasteiger partial charge in [-0.05, 0) is 24.6 Å². The maximum absolute atomic E-state index is 5.39. The summed E-state index contributed by atoms with van der Waals surface area (Å²) in [7, 11) is 0. The molecular formula is C13H15N4O. The van der Waals surface area contributed by atoms with Crippen LogP contribution in [0.25, 0.3) is 11.3 Å². The maximum atomic E-state index is 5.39. The number of hydrogen-bond donors (Lipinski definition) is 1. The molecule has 0 saturated carbocycles. The van der Waals surface area contributed by atoms with Gasteiger partial charge in [-0.3, -0.25) is 5.10 Å². The van der Waals surface area contributed by atoms with E-state index in [9.17, 15) is 0 Å². The number of benzene rings is 1. The van der Waals surface area contributed by atoms with Crippen LogP contribution in [0, 0.1) is 13.0 Å². The van der Waals surface area contributed by atoms with Crippen molar-refractivity contribution in [2.45, 2.75) is 6.92 Å². The van der Waals surface area contributed by atoms with Gasteiger partial charge in [-0.2, -0.15) is 0 Å². The third-order valence-electron chi connectivity index (χ3n) is 3.25. The highest BCUT2D eigenvalue weighted by molar-refractivity contribution is 5.70. The molecule has 1 saturated heterocycles. The predicted molar refractivity (Wildman–Crippen MR) is 68.4 cm³/mol. The first kappa shape index (κ1) is 11.2. The van der Waals surface area contributed by atoms with E-state index in [0.717, 1.165) is 37.6 Å². The number of aromatic nitrogens is 3. The van der Waals surface area contributed by atoms with Crippen LogP contribution < -0.4 is 4.90 Å². The Kier molecular flexibility index (Phi) is 2.98. The fourth-order valence-electron chi connectivity index (χ4n) is 2.30. The van der Waals surface area contributed by atoms with Crippen LogP contribution in [0.3, 0.4) is 0 Å². The van der Waals surface area contributed by atoms with Crippen LogP contribution in [0.15, 0.2) is 18.3 Å². The van der Waals surface area contributed by atoms with E-state index >= 15 is 0 Å². The lowest BCUT2D eigenvalue weighted by molar-refractivity contribution is 0.122. The molecule has 2 aromatic rings. The Bertz CT molecular complexity index is 518. The molecule has 93 valence electrons. The first-order valence-corrected chi connectivity index (χ1v) is 6.07. The number of nitrogens with zero attached hydrogens (tertiary/aromatic N) is 3. The number of aromatic amines is 1. The van der Waals surface area contributed by atoms with E-state index < -0.39 is 0 Å². The molecule has 0 bridgehead atoms. The van der Waals surface area contributed by atoms with Crippen molar-refractivity contribution in [3.63, 3.8) is 0 Å². The molecule has 0 aliphatic carbocycles. The Morgan fingerprint density at radius 3 is 2.94 bits per heavy atom. The van der Waals surface area contributed by atoms with Crippen molar-refractivity contribution >= 4 is 5.69 Å². The first-order chi connectivity index (χ1) is 8.86. The van der Waals surface area contributed by atoms with Crippen molar-refractivity contribution in [2.75, 3.05) is 31.2 Å². The van der Waals surface area contributed by atoms with Gasteiger partial charge in [0.1, 0.15) is 5.69 Å². The molecule has 1 radical (unpaired) electrons. The minimum atomic E-state index is 0.789. The second kappa shape index (κ2) is 4.78. The molecular weight excluding hydrogens is 228 g/mol. The third-order valence-corrected chi connectivity index (χ3v) is 3.25. The van der Waals surface area contributed by atoms with E-state index in [4.69, 9.17) is 4.74 Å². The van der Waals surface area contributed by atoms with Gasteiger partial charge in [-0.1, -0.05) is 11.3 Å². The molecule has 0 unspecified atom stereocenters. The molecule has 5 heteroatoms. The molecule has 3 rings (SSSR count). The summed E-state index contributed by atoms with van der Waals surface area (Å²) in [6.07, 6.45) is 1.79. The lowest BCUT2D eigenvalue weighted by Gasteiger charge is -2.30. The number of hydrogen-bond acceptors (Lipinski definition) is 4. The molecule has 0 atom stereocenters. The van der Waals surface area contributed by atoms with Crippen molar-refractivity contribution < 1.29 is 4.74 Å². The minimum absolute atomic E-state index is 0.789. The average molecular weight is 243 g/mol. The summed E-state index contributed by atoms with van der Waals surface area (Å²) in [6, 6.07) is 7.29. The van der Waals surface area contributed by atoms with Gasteiger partial charge in [-0.15, -0.1) is 5.10 Å². The van der Waals surface area contributed by atoms with E-state index in [1.807, 2.05) is 6.07 Å². The zero-order chi connectivity index (χ0) is 12.4. The Morgan fingerprint density at radius 1 is 1.39 bits per heavy atom. The summed E-state index contributed by atoms with van der Waals surface area (Å²) in [6.45, 7) is 5.55. The lowest BCUT2D eigenvalue weighted by atomic mass is 10.0. The second-order valence-corrected chi connectivity index (χ2v) is 4.32. The smallest absolute Gasteiger partial charge is 0.113 e. The number of morpholine rings is 1. The monoisotopic (exact) mass is 243 g/mol. The van der Waals surface area contributed by atoms with Crippen LogP contribution in [0.2, 0.25) is 0 Å². The van der Waals surface area contributed by atoms with Crippen molar-refractivity contribution in [1.82, 2.24) is 15.4 Å². The number of rotatable bonds is 2. The summed E-state index contributed by atoms with van der Waals surface area (Å²) in [4.78, 5) is 2.34. The number of anilines is 1. The summed E-state index contributed by atoms with van der Waals surface area (Å²) >= 11 is 0. The van der Waals surface area contributed by atoms with E-state index in [1.165, 1.54) is 11.3 Å². The molecule has 18 heavy (non-hydrogen) atoms. The SMILES string of the molecule is Cc1c(-c2c[nH]nn2)[c]ccc1N1CCOCC1. The molecule has 1 fully saturated rings. The molecule has 1 N–H and O–H groups in total. The highest BCUT2D eigenvalue weighted by Gasteiger charge is 2.16. The Labute approximate surface area is 106 Å². The second-order valence-electron chi connectivity index (χ2n) is 4.32. The summed E-state index contributed by atoms with van der Waals surface area (Å²) in [5, 5.41) is 10.5. The van der Waals surface area contributed by atoms with E-state index in [-0.39, 0.29) is 0 Å². The van der Waals surface area contributed by atoms with Crippen LogP contribution >= 0.6 is 0 Å². The highest BCUT2D eigenvalue weighted by atomic mass is 16.5. The van der Waals surface area contributed by atoms with Crippen LogP contribution in [-0.4, -0.2) is 41.7 Å². The van der Waals surface area contributed by atoms with Gasteiger partial charge in [0.05, 0.1) is 19.4 Å². The number of ether oxygens (including phenoxy) is 1. The van der Waals surface area contributed by atoms with E-state index in [1.54, 1.807) is 6.20 Å². The number of H-pyrrole nitrogens is 1. The molecule has 2 heterocycles. The molecule has 5 nitrogen and oxygen atoms in total. The van der Waals surface area contributed by atoms with E-state index in [0.29, 0.717) is 0 Å². The number of nitrogens with one attached hydrogen (secondary N) is 1. The Balaban J connectivity index is 1.98. The van der Waals surface area contributed by atoms with Gasteiger partial charge in [0, 0.05) is 24.3 Å². The maximum Gasteiger partial charge on any atom is 0.113 e. The van der Waals surface area contributed by atoms with Crippen molar-refractivity contribution in [3.8, 4) is 11.3 Å². The third kappa shape index (κ3) is 1.97. The summed E-state index contributed by atoms with van der Waals surface area (Å²) in [5.41, 5.74) is 4.26. The molecule has 1 aromatic heterocycles. The fourth-order valence-corrected chi connectivity index (χ4v) is 2.30. The zero-order valence-electron chi connectivity index (χ0n) is 10.3. The van der Waals surface area contributed by atoms with Gasteiger partial charge in [-0.25, -0.2) is 0 Å². The highest BCUT2D eigenvalue weighted by Crippen LogP contribution is 2.29. The first-order valence-electron chi connectivity index (χ1n) is 6.07. The summed E-state index contributed by atoms with van der Waals surface area (Å²) in [5.74, 6) is 0. The van der Waals surface area contributed by atoms with E-state index in [2.05, 4.69) is 39.4 Å². The van der Waals surface area contributed by atoms with Gasteiger partial charge in [0.25, 0.3) is 0 Å².